The molecule has 0 atom stereocenters. The van der Waals surface area contributed by atoms with Gasteiger partial charge in [0.15, 0.2) is 5.69 Å². The molecule has 10 rings (SSSR count). The lowest BCUT2D eigenvalue weighted by Gasteiger charge is -2.32. The molecule has 2 fully saturated rings. The van der Waals surface area contributed by atoms with E-state index < -0.39 is 23.9 Å². The highest BCUT2D eigenvalue weighted by Gasteiger charge is 2.26. The Labute approximate surface area is 627 Å². The van der Waals surface area contributed by atoms with Gasteiger partial charge in [0.25, 0.3) is 17.7 Å². The molecule has 0 bridgehead atoms. The quantitative estimate of drug-likeness (QED) is 0.0240. The molecule has 25 nitrogen and oxygen atoms in total. The number of methoxy groups -OCH3 is 5. The van der Waals surface area contributed by atoms with Gasteiger partial charge in [0.1, 0.15) is 39.0 Å². The van der Waals surface area contributed by atoms with Crippen molar-refractivity contribution in [2.75, 3.05) is 93.2 Å². The van der Waals surface area contributed by atoms with Crippen LogP contribution in [0.1, 0.15) is 176 Å². The zero-order valence-corrected chi connectivity index (χ0v) is 64.3. The minimum Gasteiger partial charge on any atom is -0.478 e. The molecule has 27 heteroatoms. The molecule has 2 saturated heterocycles. The molecule has 4 aromatic heterocycles. The number of carbonyl (C=O) groups is 8. The van der Waals surface area contributed by atoms with Crippen molar-refractivity contribution >= 4 is 105 Å². The zero-order valence-electron chi connectivity index (χ0n) is 62.8. The summed E-state index contributed by atoms with van der Waals surface area (Å²) in [6.45, 7) is 25.2. The summed E-state index contributed by atoms with van der Waals surface area (Å²) in [5.74, 6) is -2.51. The van der Waals surface area contributed by atoms with Crippen LogP contribution >= 0.6 is 23.2 Å². The summed E-state index contributed by atoms with van der Waals surface area (Å²) < 4.78 is 25.0. The van der Waals surface area contributed by atoms with E-state index in [9.17, 15) is 43.5 Å². The number of rotatable bonds is 15. The zero-order chi connectivity index (χ0) is 78.5. The number of piperidine rings is 2. The lowest BCUT2D eigenvalue weighted by atomic mass is 10.0. The molecule has 0 unspecified atom stereocenters. The van der Waals surface area contributed by atoms with E-state index in [2.05, 4.69) is 50.4 Å². The van der Waals surface area contributed by atoms with Crippen molar-refractivity contribution in [2.24, 2.45) is 0 Å². The Morgan fingerprint density at radius 3 is 0.915 bits per heavy atom. The number of esters is 3. The first-order chi connectivity index (χ1) is 50.1. The highest BCUT2D eigenvalue weighted by atomic mass is 35.5. The van der Waals surface area contributed by atoms with Gasteiger partial charge in [-0.1, -0.05) is 47.5 Å². The number of benzene rings is 4. The number of nitrogens with zero attached hydrogens (tertiary/aromatic N) is 6. The number of aryl methyl sites for hydroxylation is 12. The third-order valence-corrected chi connectivity index (χ3v) is 18.2. The second-order valence-corrected chi connectivity index (χ2v) is 26.3. The monoisotopic (exact) mass is 1490 g/mol. The Morgan fingerprint density at radius 2 is 0.642 bits per heavy atom. The summed E-state index contributed by atoms with van der Waals surface area (Å²) >= 11 is 11.3. The van der Waals surface area contributed by atoms with Gasteiger partial charge in [0.2, 0.25) is 0 Å². The van der Waals surface area contributed by atoms with Gasteiger partial charge in [0.05, 0.1) is 55.8 Å². The molecular weight excluding hydrogens is 1400 g/mol. The summed E-state index contributed by atoms with van der Waals surface area (Å²) in [7, 11) is 7.52. The Hall–Kier alpha value is -10.9. The number of pyridine rings is 4. The van der Waals surface area contributed by atoms with E-state index in [1.165, 1.54) is 21.3 Å². The van der Waals surface area contributed by atoms with Crippen LogP contribution in [0.3, 0.4) is 0 Å². The first-order valence-corrected chi connectivity index (χ1v) is 34.5. The predicted octanol–water partition coefficient (Wildman–Crippen LogP) is 14.3. The predicted molar refractivity (Wildman–Crippen MR) is 410 cm³/mol. The van der Waals surface area contributed by atoms with E-state index in [1.807, 2.05) is 79.7 Å². The number of hydrogen-bond donors (Lipinski definition) is 6. The van der Waals surface area contributed by atoms with Crippen LogP contribution < -0.4 is 31.5 Å². The third kappa shape index (κ3) is 22.6. The molecule has 0 spiro atoms. The lowest BCUT2D eigenvalue weighted by Crippen LogP contribution is -2.37. The van der Waals surface area contributed by atoms with Gasteiger partial charge in [-0.25, -0.2) is 43.9 Å². The fraction of sp³-hybridized carbons (Fsp3) is 0.342. The van der Waals surface area contributed by atoms with Crippen LogP contribution in [-0.4, -0.2) is 152 Å². The van der Waals surface area contributed by atoms with Crippen molar-refractivity contribution in [1.82, 2.24) is 19.9 Å². The molecule has 106 heavy (non-hydrogen) atoms. The summed E-state index contributed by atoms with van der Waals surface area (Å²) in [6, 6.07) is 27.6. The average Bonchev–Trinajstić information content (AvgIpc) is 0.823. The minimum absolute atomic E-state index is 0.0116. The second kappa shape index (κ2) is 38.8. The lowest BCUT2D eigenvalue weighted by molar-refractivity contribution is 0.0591. The number of nitrogens with one attached hydrogen (secondary N) is 3. The number of nitrogens with two attached hydrogens (primary N) is 1. The Morgan fingerprint density at radius 1 is 0.377 bits per heavy atom. The smallest absolute Gasteiger partial charge is 0.354 e. The first-order valence-electron chi connectivity index (χ1n) is 33.8. The normalized spacial score (nSPS) is 12.6. The van der Waals surface area contributed by atoms with Gasteiger partial charge in [-0.05, 0) is 248 Å². The van der Waals surface area contributed by atoms with Crippen LogP contribution in [-0.2, 0) is 23.7 Å². The highest BCUT2D eigenvalue weighted by Crippen LogP contribution is 2.30. The molecule has 2 aliphatic heterocycles. The molecule has 6 heterocycles. The molecule has 0 radical (unpaired) electrons. The molecule has 7 N–H and O–H groups in total. The number of carbonyl (C=O) groups excluding carboxylic acids is 6. The number of anilines is 6. The maximum Gasteiger partial charge on any atom is 0.354 e. The van der Waals surface area contributed by atoms with E-state index in [-0.39, 0.29) is 63.2 Å². The van der Waals surface area contributed by atoms with Crippen molar-refractivity contribution in [3.63, 3.8) is 0 Å². The number of hydrogen-bond acceptors (Lipinski definition) is 20. The maximum atomic E-state index is 13.0. The van der Waals surface area contributed by atoms with Crippen LogP contribution in [0.2, 0.25) is 10.3 Å². The van der Waals surface area contributed by atoms with Gasteiger partial charge >= 0.3 is 29.8 Å². The molecular formula is C79H92Cl2N10O15. The second-order valence-electron chi connectivity index (χ2n) is 25.5. The van der Waals surface area contributed by atoms with Gasteiger partial charge in [-0.3, -0.25) is 14.4 Å². The van der Waals surface area contributed by atoms with Gasteiger partial charge in [0, 0.05) is 63.1 Å². The number of nitrogen functional groups attached to an aromatic ring is 1. The number of amides is 3. The van der Waals surface area contributed by atoms with Crippen molar-refractivity contribution in [3.8, 4) is 0 Å². The summed E-state index contributed by atoms with van der Waals surface area (Å²) in [5, 5.41) is 27.0. The van der Waals surface area contributed by atoms with Crippen molar-refractivity contribution in [3.05, 3.63) is 219 Å². The fourth-order valence-corrected chi connectivity index (χ4v) is 12.0. The molecule has 8 aromatic rings. The summed E-state index contributed by atoms with van der Waals surface area (Å²) in [4.78, 5) is 116. The Kier molecular flexibility index (Phi) is 30.8. The maximum absolute atomic E-state index is 13.0. The van der Waals surface area contributed by atoms with E-state index in [4.69, 9.17) is 53.0 Å². The van der Waals surface area contributed by atoms with Gasteiger partial charge in [-0.2, -0.15) is 0 Å². The van der Waals surface area contributed by atoms with Crippen LogP contribution in [0.25, 0.3) is 0 Å². The Bertz CT molecular complexity index is 4500. The Balaban J connectivity index is 0.000000217. The van der Waals surface area contributed by atoms with Gasteiger partial charge < -0.3 is 65.4 Å². The number of aromatic carboxylic acids is 2. The molecule has 4 aromatic carbocycles. The van der Waals surface area contributed by atoms with Crippen LogP contribution in [0.5, 0.6) is 0 Å². The summed E-state index contributed by atoms with van der Waals surface area (Å²) in [5.41, 5.74) is 20.4. The standard InChI is InChI=1S/C23H29N3O4.C22H27N3O4.C17H17ClN2O3.C10H13NO2.C7H6ClNO2/c1-14-6-7-19(26-10-8-18(29-4)9-11-26)24-21(14)22(27)25-20-15(2)12-17(13-16(20)3)23(28)30-5;1-13-5-6-18(25-9-7-17(29-4)8-10-25)23-20(13)21(26)24-19-14(2)11-16(22(27)28)12-15(19)3;1-9-5-6-13(18)19-15(9)16(21)20-14-10(2)7-12(8-11(14)3)17(22)23-4;1-6-4-8(10(12)13-3)5-7(2)9(6)11;1-4-2-3-5(8)9-6(4)7(10)11/h6-7,12-13,18H,8-11H2,1-5H3,(H,25,27);5-6,11-12,17H,7-10H2,1-4H3,(H,24,26)(H,27,28);5-8H,1-4H3,(H,20,21);4-5H,11H2,1-3H3;2-3H,1H3,(H,10,11). The van der Waals surface area contributed by atoms with E-state index >= 15 is 0 Å². The fourth-order valence-electron chi connectivity index (χ4n) is 11.8. The first kappa shape index (κ1) is 84.1. The van der Waals surface area contributed by atoms with Crippen LogP contribution in [0.4, 0.5) is 34.4 Å². The van der Waals surface area contributed by atoms with E-state index in [0.717, 1.165) is 119 Å². The van der Waals surface area contributed by atoms with Crippen molar-refractivity contribution in [1.29, 1.82) is 0 Å². The van der Waals surface area contributed by atoms with E-state index in [0.29, 0.717) is 61.8 Å². The van der Waals surface area contributed by atoms with Crippen LogP contribution in [0.15, 0.2) is 97.1 Å². The number of carboxylic acids is 2. The van der Waals surface area contributed by atoms with Crippen LogP contribution in [0, 0.1) is 83.1 Å². The molecule has 0 saturated carbocycles. The molecule has 3 amide bonds. The molecule has 2 aliphatic rings. The molecule has 0 aliphatic carbocycles. The minimum atomic E-state index is -1.05. The van der Waals surface area contributed by atoms with Crippen molar-refractivity contribution in [2.45, 2.75) is 121 Å². The number of aromatic nitrogens is 4. The van der Waals surface area contributed by atoms with Crippen molar-refractivity contribution < 1.29 is 72.3 Å². The summed E-state index contributed by atoms with van der Waals surface area (Å²) in [6.07, 6.45) is 4.31. The van der Waals surface area contributed by atoms with Gasteiger partial charge in [-0.15, -0.1) is 0 Å². The number of carboxylic acid groups (broad SMARTS) is 2. The topological polar surface area (TPSA) is 343 Å². The van der Waals surface area contributed by atoms with E-state index in [1.54, 1.807) is 115 Å². The largest absolute Gasteiger partial charge is 0.478 e. The third-order valence-electron chi connectivity index (χ3n) is 17.8. The SMILES string of the molecule is COC(=O)c1cc(C)c(N)c(C)c1.COC(=O)c1cc(C)c(NC(=O)c2nc(Cl)ccc2C)c(C)c1.COC(=O)c1cc(C)c(NC(=O)c2nc(N3CCC(OC)CC3)ccc2C)c(C)c1.COC1CCN(c2ccc(C)c(C(=O)Nc3c(C)cc(C(=O)O)cc3C)n2)CC1.Cc1ccc(Cl)nc1C(=O)O. The average molecular weight is 1490 g/mol. The molecule has 562 valence electrons. The highest BCUT2D eigenvalue weighted by molar-refractivity contribution is 6.30. The number of halogens is 2. The number of ether oxygens (including phenoxy) is 5.